The number of fused-ring (bicyclic) bond motifs is 1. The van der Waals surface area contributed by atoms with Crippen LogP contribution in [0.15, 0.2) is 22.6 Å². The van der Waals surface area contributed by atoms with Gasteiger partial charge in [-0.3, -0.25) is 0 Å². The molecule has 5 rings (SSSR count). The summed E-state index contributed by atoms with van der Waals surface area (Å²) in [5, 5.41) is 3.89. The minimum atomic E-state index is 0.129. The molecule has 1 saturated heterocycles. The topological polar surface area (TPSA) is 58.4 Å². The number of benzene rings is 1. The molecular weight excluding hydrogens is 338 g/mol. The first-order chi connectivity index (χ1) is 12.1. The van der Waals surface area contributed by atoms with E-state index in [1.165, 1.54) is 0 Å². The van der Waals surface area contributed by atoms with Gasteiger partial charge in [0.1, 0.15) is 5.52 Å². The smallest absolute Gasteiger partial charge is 0.317 e. The van der Waals surface area contributed by atoms with Gasteiger partial charge in [-0.15, -0.1) is 0 Å². The second kappa shape index (κ2) is 5.63. The Morgan fingerprint density at radius 2 is 2.00 bits per heavy atom. The van der Waals surface area contributed by atoms with Gasteiger partial charge in [-0.25, -0.2) is 9.78 Å². The number of aromatic nitrogens is 1. The Balaban J connectivity index is 1.16. The molecule has 25 heavy (non-hydrogen) atoms. The molecule has 1 aromatic carbocycles. The van der Waals surface area contributed by atoms with E-state index in [4.69, 9.17) is 16.0 Å². The first kappa shape index (κ1) is 15.5. The maximum atomic E-state index is 12.2. The second-order valence-corrected chi connectivity index (χ2v) is 8.45. The molecule has 2 amide bonds. The first-order valence-electron chi connectivity index (χ1n) is 9.22. The van der Waals surface area contributed by atoms with Crippen LogP contribution < -0.4 is 5.32 Å². The number of nitrogens with zero attached hydrogens (tertiary/aromatic N) is 2. The van der Waals surface area contributed by atoms with Gasteiger partial charge in [-0.05, 0) is 62.1 Å². The third kappa shape index (κ3) is 2.69. The van der Waals surface area contributed by atoms with Crippen molar-refractivity contribution in [3.8, 4) is 0 Å². The number of likely N-dealkylation sites (tertiary alicyclic amines) is 1. The highest BCUT2D eigenvalue weighted by Gasteiger charge is 2.54. The van der Waals surface area contributed by atoms with E-state index in [1.807, 2.05) is 23.1 Å². The zero-order chi connectivity index (χ0) is 17.0. The molecule has 0 unspecified atom stereocenters. The quantitative estimate of drug-likeness (QED) is 0.869. The van der Waals surface area contributed by atoms with E-state index in [0.29, 0.717) is 22.4 Å². The number of hydrogen-bond acceptors (Lipinski definition) is 3. The van der Waals surface area contributed by atoms with E-state index >= 15 is 0 Å². The number of rotatable bonds is 2. The van der Waals surface area contributed by atoms with Crippen LogP contribution in [0, 0.1) is 5.41 Å². The number of hydrogen-bond donors (Lipinski definition) is 1. The Labute approximate surface area is 151 Å². The fraction of sp³-hybridized carbons (Fsp3) is 0.579. The van der Waals surface area contributed by atoms with Crippen molar-refractivity contribution in [1.82, 2.24) is 15.2 Å². The Bertz CT molecular complexity index is 813. The van der Waals surface area contributed by atoms with Gasteiger partial charge in [0.05, 0.1) is 0 Å². The first-order valence-corrected chi connectivity index (χ1v) is 9.60. The van der Waals surface area contributed by atoms with Gasteiger partial charge in [-0.2, -0.15) is 0 Å². The van der Waals surface area contributed by atoms with Crippen molar-refractivity contribution in [1.29, 1.82) is 0 Å². The molecule has 0 bridgehead atoms. The lowest BCUT2D eigenvalue weighted by atomic mass is 9.50. The van der Waals surface area contributed by atoms with E-state index in [1.54, 1.807) is 0 Å². The van der Waals surface area contributed by atoms with Crippen LogP contribution in [0.2, 0.25) is 5.02 Å². The van der Waals surface area contributed by atoms with Crippen molar-refractivity contribution in [3.05, 3.63) is 29.1 Å². The predicted molar refractivity (Wildman–Crippen MR) is 95.8 cm³/mol. The molecule has 5 nitrogen and oxygen atoms in total. The molecule has 0 atom stereocenters. The normalized spacial score (nSPS) is 31.2. The Hall–Kier alpha value is -1.75. The van der Waals surface area contributed by atoms with Gasteiger partial charge >= 0.3 is 6.03 Å². The average Bonchev–Trinajstić information content (AvgIpc) is 3.16. The monoisotopic (exact) mass is 359 g/mol. The molecule has 2 aliphatic carbocycles. The average molecular weight is 360 g/mol. The van der Waals surface area contributed by atoms with Crippen molar-refractivity contribution >= 4 is 28.7 Å². The van der Waals surface area contributed by atoms with Gasteiger partial charge in [0, 0.05) is 30.1 Å². The lowest BCUT2D eigenvalue weighted by Crippen LogP contribution is -2.57. The van der Waals surface area contributed by atoms with Crippen LogP contribution in [0.25, 0.3) is 11.1 Å². The van der Waals surface area contributed by atoms with E-state index in [9.17, 15) is 4.79 Å². The highest BCUT2D eigenvalue weighted by molar-refractivity contribution is 6.31. The summed E-state index contributed by atoms with van der Waals surface area (Å²) in [5.74, 6) is 1.24. The molecular formula is C19H22ClN3O2. The highest BCUT2D eigenvalue weighted by Crippen LogP contribution is 2.61. The fourth-order valence-corrected chi connectivity index (χ4v) is 5.03. The summed E-state index contributed by atoms with van der Waals surface area (Å²) in [7, 11) is 0. The second-order valence-electron chi connectivity index (χ2n) is 8.02. The molecule has 3 aliphatic rings. The molecule has 1 aliphatic heterocycles. The molecule has 132 valence electrons. The van der Waals surface area contributed by atoms with Crippen LogP contribution >= 0.6 is 11.6 Å². The van der Waals surface area contributed by atoms with Crippen LogP contribution in [0.5, 0.6) is 0 Å². The molecule has 1 N–H and O–H groups in total. The molecule has 1 spiro atoms. The fourth-order valence-electron chi connectivity index (χ4n) is 4.86. The van der Waals surface area contributed by atoms with Crippen molar-refractivity contribution in [2.45, 2.75) is 50.5 Å². The minimum Gasteiger partial charge on any atom is -0.440 e. The minimum absolute atomic E-state index is 0.129. The SMILES string of the molecule is O=C(NC1CC2(C1)CC(c1nc3cc(Cl)ccc3o1)C2)N1CCCC1. The number of carbonyl (C=O) groups is 1. The third-order valence-electron chi connectivity index (χ3n) is 6.15. The summed E-state index contributed by atoms with van der Waals surface area (Å²) in [5.41, 5.74) is 2.05. The van der Waals surface area contributed by atoms with Crippen molar-refractivity contribution in [3.63, 3.8) is 0 Å². The van der Waals surface area contributed by atoms with Gasteiger partial charge in [0.15, 0.2) is 11.5 Å². The van der Waals surface area contributed by atoms with E-state index in [2.05, 4.69) is 10.3 Å². The van der Waals surface area contributed by atoms with Crippen molar-refractivity contribution < 1.29 is 9.21 Å². The van der Waals surface area contributed by atoms with Crippen LogP contribution in [0.3, 0.4) is 0 Å². The molecule has 2 saturated carbocycles. The number of oxazole rings is 1. The number of urea groups is 1. The zero-order valence-electron chi connectivity index (χ0n) is 14.1. The summed E-state index contributed by atoms with van der Waals surface area (Å²) in [6, 6.07) is 6.04. The maximum absolute atomic E-state index is 12.2. The molecule has 2 aromatic rings. The van der Waals surface area contributed by atoms with Crippen molar-refractivity contribution in [2.75, 3.05) is 13.1 Å². The van der Waals surface area contributed by atoms with Crippen LogP contribution in [0.1, 0.15) is 50.3 Å². The molecule has 0 radical (unpaired) electrons. The Kier molecular flexibility index (Phi) is 3.49. The van der Waals surface area contributed by atoms with Gasteiger partial charge in [0.25, 0.3) is 0 Å². The van der Waals surface area contributed by atoms with Crippen molar-refractivity contribution in [2.24, 2.45) is 5.41 Å². The predicted octanol–water partition coefficient (Wildman–Crippen LogP) is 4.31. The van der Waals surface area contributed by atoms with Gasteiger partial charge in [0.2, 0.25) is 0 Å². The van der Waals surface area contributed by atoms with Gasteiger partial charge < -0.3 is 14.6 Å². The summed E-state index contributed by atoms with van der Waals surface area (Å²) in [6.07, 6.45) is 6.69. The molecule has 1 aromatic heterocycles. The number of carbonyl (C=O) groups excluding carboxylic acids is 1. The lowest BCUT2D eigenvalue weighted by Gasteiger charge is -2.57. The van der Waals surface area contributed by atoms with E-state index in [-0.39, 0.29) is 6.03 Å². The lowest BCUT2D eigenvalue weighted by molar-refractivity contribution is -0.0247. The summed E-state index contributed by atoms with van der Waals surface area (Å²) in [6.45, 7) is 1.82. The number of nitrogens with one attached hydrogen (secondary N) is 1. The molecule has 3 fully saturated rings. The summed E-state index contributed by atoms with van der Waals surface area (Å²) >= 11 is 6.02. The largest absolute Gasteiger partial charge is 0.440 e. The molecule has 6 heteroatoms. The standard InChI is InChI=1S/C19H22ClN3O2/c20-13-3-4-16-15(7-13)22-17(25-16)12-8-19(9-12)10-14(11-19)21-18(24)23-5-1-2-6-23/h3-4,7,12,14H,1-2,5-6,8-11H2,(H,21,24). The maximum Gasteiger partial charge on any atom is 0.317 e. The summed E-state index contributed by atoms with van der Waals surface area (Å²) in [4.78, 5) is 18.7. The van der Waals surface area contributed by atoms with Crippen LogP contribution in [-0.2, 0) is 0 Å². The van der Waals surface area contributed by atoms with E-state index in [0.717, 1.165) is 68.6 Å². The molecule has 2 heterocycles. The van der Waals surface area contributed by atoms with E-state index < -0.39 is 0 Å². The number of halogens is 1. The number of amides is 2. The van der Waals surface area contributed by atoms with Crippen LogP contribution in [-0.4, -0.2) is 35.0 Å². The third-order valence-corrected chi connectivity index (χ3v) is 6.39. The van der Waals surface area contributed by atoms with Gasteiger partial charge in [-0.1, -0.05) is 11.6 Å². The Morgan fingerprint density at radius 1 is 1.24 bits per heavy atom. The van der Waals surface area contributed by atoms with Crippen LogP contribution in [0.4, 0.5) is 4.79 Å². The Morgan fingerprint density at radius 3 is 2.76 bits per heavy atom. The summed E-state index contributed by atoms with van der Waals surface area (Å²) < 4.78 is 5.90. The highest BCUT2D eigenvalue weighted by atomic mass is 35.5. The zero-order valence-corrected chi connectivity index (χ0v) is 14.9.